The van der Waals surface area contributed by atoms with Crippen molar-refractivity contribution in [3.05, 3.63) is 11.6 Å². The molecule has 0 aliphatic carbocycles. The van der Waals surface area contributed by atoms with Gasteiger partial charge in [-0.05, 0) is 13.3 Å². The first-order chi connectivity index (χ1) is 6.62. The molecule has 2 rings (SSSR count). The molecule has 0 bridgehead atoms. The molecule has 14 heavy (non-hydrogen) atoms. The Balaban J connectivity index is 2.18. The van der Waals surface area contributed by atoms with Gasteiger partial charge in [0.05, 0.1) is 5.60 Å². The molecular formula is C9H16N4O. The van der Waals surface area contributed by atoms with Crippen LogP contribution in [0.2, 0.25) is 0 Å². The van der Waals surface area contributed by atoms with Gasteiger partial charge in [0, 0.05) is 25.9 Å². The van der Waals surface area contributed by atoms with Crippen molar-refractivity contribution in [1.82, 2.24) is 14.8 Å². The molecule has 5 nitrogen and oxygen atoms in total. The first-order valence-corrected chi connectivity index (χ1v) is 4.96. The van der Waals surface area contributed by atoms with Gasteiger partial charge in [0.2, 0.25) is 0 Å². The number of aromatic nitrogens is 3. The predicted octanol–water partition coefficient (Wildman–Crippen LogP) is -0.524. The van der Waals surface area contributed by atoms with Crippen LogP contribution in [0.15, 0.2) is 0 Å². The third-order valence-corrected chi connectivity index (χ3v) is 2.66. The maximum absolute atomic E-state index is 9.82. The van der Waals surface area contributed by atoms with Crippen LogP contribution in [-0.2, 0) is 19.4 Å². The molecular weight excluding hydrogens is 180 g/mol. The summed E-state index contributed by atoms with van der Waals surface area (Å²) in [5.41, 5.74) is 4.59. The molecule has 0 radical (unpaired) electrons. The summed E-state index contributed by atoms with van der Waals surface area (Å²) in [5.74, 6) is 1.89. The quantitative estimate of drug-likeness (QED) is 0.681. The summed E-state index contributed by atoms with van der Waals surface area (Å²) in [7, 11) is 0. The van der Waals surface area contributed by atoms with Crippen molar-refractivity contribution in [3.8, 4) is 0 Å². The minimum atomic E-state index is -0.869. The van der Waals surface area contributed by atoms with E-state index in [1.165, 1.54) is 0 Å². The molecule has 1 atom stereocenters. The molecule has 0 fully saturated rings. The van der Waals surface area contributed by atoms with E-state index >= 15 is 0 Å². The van der Waals surface area contributed by atoms with E-state index in [0.717, 1.165) is 31.0 Å². The summed E-state index contributed by atoms with van der Waals surface area (Å²) in [6, 6.07) is 0. The van der Waals surface area contributed by atoms with E-state index in [9.17, 15) is 5.11 Å². The molecule has 78 valence electrons. The highest BCUT2D eigenvalue weighted by Crippen LogP contribution is 2.17. The van der Waals surface area contributed by atoms with Crippen LogP contribution in [0.3, 0.4) is 0 Å². The molecule has 5 heteroatoms. The van der Waals surface area contributed by atoms with E-state index < -0.39 is 5.60 Å². The van der Waals surface area contributed by atoms with Gasteiger partial charge in [-0.2, -0.15) is 0 Å². The summed E-state index contributed by atoms with van der Waals surface area (Å²) in [6.45, 7) is 2.94. The second-order valence-corrected chi connectivity index (χ2v) is 4.17. The maximum Gasteiger partial charge on any atom is 0.135 e. The number of nitrogens with two attached hydrogens (primary N) is 1. The molecule has 0 saturated heterocycles. The lowest BCUT2D eigenvalue weighted by Crippen LogP contribution is -2.37. The van der Waals surface area contributed by atoms with Gasteiger partial charge in [-0.15, -0.1) is 10.2 Å². The van der Waals surface area contributed by atoms with Crippen molar-refractivity contribution in [2.45, 2.75) is 38.3 Å². The van der Waals surface area contributed by atoms with Gasteiger partial charge in [-0.3, -0.25) is 0 Å². The third kappa shape index (κ3) is 1.65. The van der Waals surface area contributed by atoms with Gasteiger partial charge in [0.1, 0.15) is 11.6 Å². The Kier molecular flexibility index (Phi) is 2.28. The van der Waals surface area contributed by atoms with Gasteiger partial charge >= 0.3 is 0 Å². The molecule has 0 aromatic carbocycles. The first kappa shape index (κ1) is 9.61. The second kappa shape index (κ2) is 3.33. The highest BCUT2D eigenvalue weighted by molar-refractivity contribution is 5.03. The number of hydrogen-bond acceptors (Lipinski definition) is 4. The normalized spacial score (nSPS) is 19.4. The summed E-state index contributed by atoms with van der Waals surface area (Å²) in [6.07, 6.45) is 2.61. The average Bonchev–Trinajstić information content (AvgIpc) is 2.70. The largest absolute Gasteiger partial charge is 0.388 e. The SMILES string of the molecule is CC(O)(CN)Cc1nnc2n1CCC2. The van der Waals surface area contributed by atoms with Crippen molar-refractivity contribution in [2.75, 3.05) is 6.54 Å². The standard InChI is InChI=1S/C9H16N4O/c1-9(14,6-10)5-8-12-11-7-3-2-4-13(7)8/h14H,2-6,10H2,1H3. The van der Waals surface area contributed by atoms with E-state index in [-0.39, 0.29) is 6.54 Å². The molecule has 2 heterocycles. The molecule has 1 aliphatic rings. The number of aliphatic hydroxyl groups is 1. The lowest BCUT2D eigenvalue weighted by atomic mass is 10.0. The third-order valence-electron chi connectivity index (χ3n) is 2.66. The van der Waals surface area contributed by atoms with Gasteiger partial charge < -0.3 is 15.4 Å². The molecule has 1 aromatic heterocycles. The van der Waals surface area contributed by atoms with Crippen LogP contribution in [0, 0.1) is 0 Å². The Labute approximate surface area is 82.9 Å². The Morgan fingerprint density at radius 3 is 3.07 bits per heavy atom. The van der Waals surface area contributed by atoms with Gasteiger partial charge in [0.25, 0.3) is 0 Å². The fourth-order valence-corrected chi connectivity index (χ4v) is 1.75. The topological polar surface area (TPSA) is 77.0 Å². The van der Waals surface area contributed by atoms with Crippen LogP contribution in [0.1, 0.15) is 25.0 Å². The number of aryl methyl sites for hydroxylation is 1. The monoisotopic (exact) mass is 196 g/mol. The zero-order valence-corrected chi connectivity index (χ0v) is 8.40. The molecule has 1 unspecified atom stereocenters. The van der Waals surface area contributed by atoms with Crippen LogP contribution >= 0.6 is 0 Å². The molecule has 3 N–H and O–H groups in total. The van der Waals surface area contributed by atoms with Crippen LogP contribution in [-0.4, -0.2) is 32.0 Å². The van der Waals surface area contributed by atoms with E-state index in [1.807, 2.05) is 0 Å². The van der Waals surface area contributed by atoms with Crippen molar-refractivity contribution < 1.29 is 5.11 Å². The molecule has 0 spiro atoms. The van der Waals surface area contributed by atoms with Crippen LogP contribution < -0.4 is 5.73 Å². The van der Waals surface area contributed by atoms with Crippen LogP contribution in [0.25, 0.3) is 0 Å². The predicted molar refractivity (Wildman–Crippen MR) is 51.7 cm³/mol. The van der Waals surface area contributed by atoms with Gasteiger partial charge in [-0.25, -0.2) is 0 Å². The maximum atomic E-state index is 9.82. The van der Waals surface area contributed by atoms with Crippen molar-refractivity contribution in [1.29, 1.82) is 0 Å². The Hall–Kier alpha value is -0.940. The van der Waals surface area contributed by atoms with E-state index in [4.69, 9.17) is 5.73 Å². The number of rotatable bonds is 3. The Morgan fingerprint density at radius 2 is 2.36 bits per heavy atom. The van der Waals surface area contributed by atoms with Crippen molar-refractivity contribution in [2.24, 2.45) is 5.73 Å². The summed E-state index contributed by atoms with van der Waals surface area (Å²) in [5, 5.41) is 18.0. The zero-order valence-electron chi connectivity index (χ0n) is 8.40. The zero-order chi connectivity index (χ0) is 10.2. The van der Waals surface area contributed by atoms with Crippen LogP contribution in [0.5, 0.6) is 0 Å². The average molecular weight is 196 g/mol. The second-order valence-electron chi connectivity index (χ2n) is 4.17. The van der Waals surface area contributed by atoms with E-state index in [1.54, 1.807) is 6.92 Å². The smallest absolute Gasteiger partial charge is 0.135 e. The molecule has 0 saturated carbocycles. The summed E-state index contributed by atoms with van der Waals surface area (Å²) < 4.78 is 2.09. The van der Waals surface area contributed by atoms with E-state index in [0.29, 0.717) is 6.42 Å². The molecule has 0 amide bonds. The molecule has 1 aliphatic heterocycles. The fraction of sp³-hybridized carbons (Fsp3) is 0.778. The fourth-order valence-electron chi connectivity index (χ4n) is 1.75. The Morgan fingerprint density at radius 1 is 1.57 bits per heavy atom. The van der Waals surface area contributed by atoms with Gasteiger partial charge in [0.15, 0.2) is 0 Å². The highest BCUT2D eigenvalue weighted by atomic mass is 16.3. The number of hydrogen-bond donors (Lipinski definition) is 2. The lowest BCUT2D eigenvalue weighted by Gasteiger charge is -2.20. The Bertz CT molecular complexity index is 332. The van der Waals surface area contributed by atoms with E-state index in [2.05, 4.69) is 14.8 Å². The summed E-state index contributed by atoms with van der Waals surface area (Å²) >= 11 is 0. The minimum Gasteiger partial charge on any atom is -0.388 e. The minimum absolute atomic E-state index is 0.245. The lowest BCUT2D eigenvalue weighted by molar-refractivity contribution is 0.0666. The highest BCUT2D eigenvalue weighted by Gasteiger charge is 2.25. The molecule has 1 aromatic rings. The van der Waals surface area contributed by atoms with Crippen molar-refractivity contribution in [3.63, 3.8) is 0 Å². The summed E-state index contributed by atoms with van der Waals surface area (Å²) in [4.78, 5) is 0. The van der Waals surface area contributed by atoms with Gasteiger partial charge in [-0.1, -0.05) is 0 Å². The van der Waals surface area contributed by atoms with Crippen molar-refractivity contribution >= 4 is 0 Å². The first-order valence-electron chi connectivity index (χ1n) is 4.96. The number of nitrogens with zero attached hydrogens (tertiary/aromatic N) is 3. The number of fused-ring (bicyclic) bond motifs is 1. The van der Waals surface area contributed by atoms with Crippen LogP contribution in [0.4, 0.5) is 0 Å².